The molecule has 0 spiro atoms. The van der Waals surface area contributed by atoms with Gasteiger partial charge in [0.2, 0.25) is 5.91 Å². The maximum Gasteiger partial charge on any atom is 0.313 e. The molecule has 0 aliphatic heterocycles. The van der Waals surface area contributed by atoms with E-state index in [1.54, 1.807) is 13.8 Å². The summed E-state index contributed by atoms with van der Waals surface area (Å²) in [6.07, 6.45) is 1.37. The minimum atomic E-state index is -0.730. The van der Waals surface area contributed by atoms with Gasteiger partial charge >= 0.3 is 5.97 Å². The standard InChI is InChI=1S/C13H26N2O3/c1-6-13(7-2,8-14)10(16)15-9-12(3,4)11(17)18-5/h6-9,14H2,1-5H3,(H,15,16). The average Bonchev–Trinajstić information content (AvgIpc) is 2.38. The van der Waals surface area contributed by atoms with Gasteiger partial charge in [-0.15, -0.1) is 0 Å². The van der Waals surface area contributed by atoms with Crippen LogP contribution in [0.15, 0.2) is 0 Å². The van der Waals surface area contributed by atoms with Crippen LogP contribution in [0.2, 0.25) is 0 Å². The molecule has 0 bridgehead atoms. The van der Waals surface area contributed by atoms with Gasteiger partial charge in [0.15, 0.2) is 0 Å². The van der Waals surface area contributed by atoms with Crippen LogP contribution >= 0.6 is 0 Å². The van der Waals surface area contributed by atoms with Crippen molar-refractivity contribution in [2.75, 3.05) is 20.2 Å². The zero-order chi connectivity index (χ0) is 14.4. The Morgan fingerprint density at radius 1 is 1.22 bits per heavy atom. The molecule has 5 heteroatoms. The van der Waals surface area contributed by atoms with Crippen LogP contribution in [0.5, 0.6) is 0 Å². The molecule has 0 unspecified atom stereocenters. The molecule has 18 heavy (non-hydrogen) atoms. The summed E-state index contributed by atoms with van der Waals surface area (Å²) in [5.41, 5.74) is 4.44. The molecule has 3 N–H and O–H groups in total. The first kappa shape index (κ1) is 16.9. The highest BCUT2D eigenvalue weighted by Gasteiger charge is 2.36. The third kappa shape index (κ3) is 3.70. The van der Waals surface area contributed by atoms with Crippen LogP contribution in [0.3, 0.4) is 0 Å². The van der Waals surface area contributed by atoms with Crippen molar-refractivity contribution in [3.8, 4) is 0 Å². The van der Waals surface area contributed by atoms with Crippen LogP contribution in [-0.4, -0.2) is 32.1 Å². The molecule has 0 saturated carbocycles. The van der Waals surface area contributed by atoms with Gasteiger partial charge in [0.05, 0.1) is 17.9 Å². The van der Waals surface area contributed by atoms with Crippen LogP contribution in [0.4, 0.5) is 0 Å². The van der Waals surface area contributed by atoms with Crippen molar-refractivity contribution in [1.82, 2.24) is 5.32 Å². The molecule has 0 aromatic carbocycles. The lowest BCUT2D eigenvalue weighted by molar-refractivity contribution is -0.150. The molecule has 5 nitrogen and oxygen atoms in total. The first-order valence-electron chi connectivity index (χ1n) is 6.36. The first-order chi connectivity index (χ1) is 8.29. The smallest absolute Gasteiger partial charge is 0.313 e. The molecule has 0 rings (SSSR count). The molecule has 0 aliphatic rings. The molecule has 0 radical (unpaired) electrons. The summed E-state index contributed by atoms with van der Waals surface area (Å²) in [6.45, 7) is 7.93. The highest BCUT2D eigenvalue weighted by atomic mass is 16.5. The second kappa shape index (κ2) is 6.73. The Morgan fingerprint density at radius 3 is 2.06 bits per heavy atom. The minimum absolute atomic E-state index is 0.0908. The number of hydrogen-bond acceptors (Lipinski definition) is 4. The van der Waals surface area contributed by atoms with E-state index in [2.05, 4.69) is 5.32 Å². The Kier molecular flexibility index (Phi) is 6.32. The molecular formula is C13H26N2O3. The molecule has 0 saturated heterocycles. The van der Waals surface area contributed by atoms with Crippen molar-refractivity contribution in [2.24, 2.45) is 16.6 Å². The first-order valence-corrected chi connectivity index (χ1v) is 6.36. The van der Waals surface area contributed by atoms with Crippen LogP contribution in [0, 0.1) is 10.8 Å². The summed E-state index contributed by atoms with van der Waals surface area (Å²) in [6, 6.07) is 0. The number of nitrogens with two attached hydrogens (primary N) is 1. The van der Waals surface area contributed by atoms with Gasteiger partial charge in [-0.2, -0.15) is 0 Å². The van der Waals surface area contributed by atoms with Crippen LogP contribution in [0.1, 0.15) is 40.5 Å². The fraction of sp³-hybridized carbons (Fsp3) is 0.846. The second-order valence-corrected chi connectivity index (χ2v) is 5.25. The SMILES string of the molecule is CCC(CC)(CN)C(=O)NCC(C)(C)C(=O)OC. The second-order valence-electron chi connectivity index (χ2n) is 5.25. The maximum atomic E-state index is 12.2. The van der Waals surface area contributed by atoms with E-state index in [0.29, 0.717) is 19.4 Å². The van der Waals surface area contributed by atoms with Crippen molar-refractivity contribution in [3.63, 3.8) is 0 Å². The third-order valence-electron chi connectivity index (χ3n) is 3.65. The normalized spacial score (nSPS) is 12.1. The molecule has 106 valence electrons. The predicted molar refractivity (Wildman–Crippen MR) is 70.9 cm³/mol. The van der Waals surface area contributed by atoms with E-state index in [9.17, 15) is 9.59 Å². The van der Waals surface area contributed by atoms with Gasteiger partial charge in [-0.05, 0) is 26.7 Å². The van der Waals surface area contributed by atoms with Crippen LogP contribution in [-0.2, 0) is 14.3 Å². The van der Waals surface area contributed by atoms with Crippen LogP contribution in [0.25, 0.3) is 0 Å². The van der Waals surface area contributed by atoms with E-state index in [1.807, 2.05) is 13.8 Å². The zero-order valence-corrected chi connectivity index (χ0v) is 12.1. The zero-order valence-electron chi connectivity index (χ0n) is 12.1. The largest absolute Gasteiger partial charge is 0.469 e. The molecule has 0 aromatic rings. The maximum absolute atomic E-state index is 12.2. The Morgan fingerprint density at radius 2 is 1.72 bits per heavy atom. The fourth-order valence-electron chi connectivity index (χ4n) is 1.79. The molecule has 0 aliphatic carbocycles. The number of nitrogens with one attached hydrogen (secondary N) is 1. The molecule has 0 aromatic heterocycles. The van der Waals surface area contributed by atoms with E-state index in [1.165, 1.54) is 7.11 Å². The van der Waals surface area contributed by atoms with E-state index in [0.717, 1.165) is 0 Å². The lowest BCUT2D eigenvalue weighted by Gasteiger charge is -2.30. The quantitative estimate of drug-likeness (QED) is 0.669. The fourth-order valence-corrected chi connectivity index (χ4v) is 1.79. The summed E-state index contributed by atoms with van der Waals surface area (Å²) in [5, 5.41) is 2.81. The number of esters is 1. The Balaban J connectivity index is 4.63. The number of ether oxygens (including phenoxy) is 1. The lowest BCUT2D eigenvalue weighted by atomic mass is 9.81. The topological polar surface area (TPSA) is 81.4 Å². The highest BCUT2D eigenvalue weighted by Crippen LogP contribution is 2.25. The van der Waals surface area contributed by atoms with Crippen molar-refractivity contribution in [3.05, 3.63) is 0 Å². The summed E-state index contributed by atoms with van der Waals surface area (Å²) >= 11 is 0. The molecule has 0 fully saturated rings. The van der Waals surface area contributed by atoms with Crippen molar-refractivity contribution in [2.45, 2.75) is 40.5 Å². The number of carbonyl (C=O) groups is 2. The van der Waals surface area contributed by atoms with Crippen LogP contribution < -0.4 is 11.1 Å². The molecular weight excluding hydrogens is 232 g/mol. The lowest BCUT2D eigenvalue weighted by Crippen LogP contribution is -2.49. The molecule has 0 atom stereocenters. The van der Waals surface area contributed by atoms with Gasteiger partial charge in [0.25, 0.3) is 0 Å². The van der Waals surface area contributed by atoms with Gasteiger partial charge in [-0.3, -0.25) is 9.59 Å². The summed E-state index contributed by atoms with van der Waals surface area (Å²) in [7, 11) is 1.34. The Bertz CT molecular complexity index is 288. The predicted octanol–water partition coefficient (Wildman–Crippen LogP) is 1.07. The number of carbonyl (C=O) groups excluding carboxylic acids is 2. The highest BCUT2D eigenvalue weighted by molar-refractivity contribution is 5.84. The molecule has 0 heterocycles. The van der Waals surface area contributed by atoms with Gasteiger partial charge in [-0.1, -0.05) is 13.8 Å². The van der Waals surface area contributed by atoms with Crippen molar-refractivity contribution in [1.29, 1.82) is 0 Å². The van der Waals surface area contributed by atoms with E-state index >= 15 is 0 Å². The number of amides is 1. The minimum Gasteiger partial charge on any atom is -0.469 e. The van der Waals surface area contributed by atoms with E-state index in [-0.39, 0.29) is 18.4 Å². The third-order valence-corrected chi connectivity index (χ3v) is 3.65. The summed E-state index contributed by atoms with van der Waals surface area (Å²) in [5.74, 6) is -0.430. The summed E-state index contributed by atoms with van der Waals surface area (Å²) in [4.78, 5) is 23.7. The Labute approximate surface area is 109 Å². The summed E-state index contributed by atoms with van der Waals surface area (Å²) < 4.78 is 4.70. The van der Waals surface area contributed by atoms with E-state index in [4.69, 9.17) is 10.5 Å². The number of rotatable bonds is 7. The van der Waals surface area contributed by atoms with Crippen molar-refractivity contribution >= 4 is 11.9 Å². The number of methoxy groups -OCH3 is 1. The van der Waals surface area contributed by atoms with Gasteiger partial charge in [-0.25, -0.2) is 0 Å². The monoisotopic (exact) mass is 258 g/mol. The van der Waals surface area contributed by atoms with Gasteiger partial charge < -0.3 is 15.8 Å². The van der Waals surface area contributed by atoms with Gasteiger partial charge in [0, 0.05) is 13.1 Å². The van der Waals surface area contributed by atoms with Gasteiger partial charge in [0.1, 0.15) is 0 Å². The molecule has 1 amide bonds. The van der Waals surface area contributed by atoms with Crippen molar-refractivity contribution < 1.29 is 14.3 Å². The van der Waals surface area contributed by atoms with E-state index < -0.39 is 10.8 Å². The number of hydrogen-bond donors (Lipinski definition) is 2. The Hall–Kier alpha value is -1.10. The average molecular weight is 258 g/mol.